The summed E-state index contributed by atoms with van der Waals surface area (Å²) >= 11 is 0. The van der Waals surface area contributed by atoms with E-state index >= 15 is 0 Å². The zero-order valence-electron chi connectivity index (χ0n) is 12.6. The van der Waals surface area contributed by atoms with Gasteiger partial charge in [-0.2, -0.15) is 0 Å². The Bertz CT molecular complexity index is 785. The Labute approximate surface area is 137 Å². The molecule has 4 nitrogen and oxygen atoms in total. The van der Waals surface area contributed by atoms with Crippen LogP contribution >= 0.6 is 0 Å². The van der Waals surface area contributed by atoms with Crippen molar-refractivity contribution in [1.29, 1.82) is 0 Å². The molecule has 3 rings (SSSR count). The van der Waals surface area contributed by atoms with Crippen molar-refractivity contribution < 1.29 is 23.5 Å². The molecule has 1 aliphatic rings. The SMILES string of the molecule is O=C(O)[C@H](NC(=O)C1(c2ccc(F)cc2)CC1)c1cccc(F)c1. The van der Waals surface area contributed by atoms with Crippen LogP contribution in [0.15, 0.2) is 48.5 Å². The first-order chi connectivity index (χ1) is 11.4. The van der Waals surface area contributed by atoms with Gasteiger partial charge in [-0.15, -0.1) is 0 Å². The smallest absolute Gasteiger partial charge is 0.330 e. The highest BCUT2D eigenvalue weighted by Crippen LogP contribution is 2.48. The summed E-state index contributed by atoms with van der Waals surface area (Å²) in [4.78, 5) is 24.1. The maximum absolute atomic E-state index is 13.3. The van der Waals surface area contributed by atoms with Crippen LogP contribution in [0.1, 0.15) is 30.0 Å². The average Bonchev–Trinajstić information content (AvgIpc) is 3.34. The van der Waals surface area contributed by atoms with E-state index in [4.69, 9.17) is 0 Å². The molecule has 24 heavy (non-hydrogen) atoms. The second kappa shape index (κ2) is 6.03. The number of benzene rings is 2. The van der Waals surface area contributed by atoms with Crippen LogP contribution in [0.2, 0.25) is 0 Å². The van der Waals surface area contributed by atoms with Crippen LogP contribution < -0.4 is 5.32 Å². The van der Waals surface area contributed by atoms with Crippen LogP contribution in [-0.2, 0) is 15.0 Å². The Hall–Kier alpha value is -2.76. The van der Waals surface area contributed by atoms with Crippen LogP contribution in [0.3, 0.4) is 0 Å². The average molecular weight is 331 g/mol. The molecule has 1 atom stereocenters. The third-order valence-electron chi connectivity index (χ3n) is 4.29. The summed E-state index contributed by atoms with van der Waals surface area (Å²) in [6.07, 6.45) is 1.11. The molecule has 0 unspecified atom stereocenters. The third kappa shape index (κ3) is 2.99. The van der Waals surface area contributed by atoms with Crippen molar-refractivity contribution in [3.63, 3.8) is 0 Å². The number of nitrogens with one attached hydrogen (secondary N) is 1. The van der Waals surface area contributed by atoms with Gasteiger partial charge >= 0.3 is 5.97 Å². The minimum absolute atomic E-state index is 0.158. The Morgan fingerprint density at radius 1 is 1.04 bits per heavy atom. The maximum atomic E-state index is 13.3. The first kappa shape index (κ1) is 16.1. The molecule has 0 aliphatic heterocycles. The summed E-state index contributed by atoms with van der Waals surface area (Å²) in [6.45, 7) is 0. The Morgan fingerprint density at radius 2 is 1.71 bits per heavy atom. The van der Waals surface area contributed by atoms with E-state index in [1.54, 1.807) is 0 Å². The molecule has 1 amide bonds. The molecule has 0 bridgehead atoms. The fourth-order valence-electron chi connectivity index (χ4n) is 2.78. The quantitative estimate of drug-likeness (QED) is 0.885. The number of hydrogen-bond donors (Lipinski definition) is 2. The molecular formula is C18H15F2NO3. The summed E-state index contributed by atoms with van der Waals surface area (Å²) in [6, 6.07) is 9.36. The summed E-state index contributed by atoms with van der Waals surface area (Å²) in [5.74, 6) is -2.71. The fourth-order valence-corrected chi connectivity index (χ4v) is 2.78. The highest BCUT2D eigenvalue weighted by molar-refractivity contribution is 5.94. The summed E-state index contributed by atoms with van der Waals surface area (Å²) in [5.41, 5.74) is -0.0371. The monoisotopic (exact) mass is 331 g/mol. The summed E-state index contributed by atoms with van der Waals surface area (Å²) < 4.78 is 26.4. The lowest BCUT2D eigenvalue weighted by Crippen LogP contribution is -2.40. The van der Waals surface area contributed by atoms with Gasteiger partial charge in [0.2, 0.25) is 5.91 Å². The van der Waals surface area contributed by atoms with Crippen molar-refractivity contribution in [3.8, 4) is 0 Å². The van der Waals surface area contributed by atoms with E-state index in [1.165, 1.54) is 42.5 Å². The molecule has 124 valence electrons. The van der Waals surface area contributed by atoms with Gasteiger partial charge in [0, 0.05) is 0 Å². The molecule has 0 heterocycles. The number of carbonyl (C=O) groups is 2. The number of rotatable bonds is 5. The van der Waals surface area contributed by atoms with E-state index in [9.17, 15) is 23.5 Å². The highest BCUT2D eigenvalue weighted by atomic mass is 19.1. The number of carbonyl (C=O) groups excluding carboxylic acids is 1. The molecule has 0 radical (unpaired) electrons. The van der Waals surface area contributed by atoms with Crippen LogP contribution in [0.25, 0.3) is 0 Å². The van der Waals surface area contributed by atoms with Crippen molar-refractivity contribution in [2.45, 2.75) is 24.3 Å². The number of halogens is 2. The predicted octanol–water partition coefficient (Wildman–Crippen LogP) is 2.94. The first-order valence-corrected chi connectivity index (χ1v) is 7.48. The van der Waals surface area contributed by atoms with E-state index in [-0.39, 0.29) is 5.56 Å². The third-order valence-corrected chi connectivity index (χ3v) is 4.29. The van der Waals surface area contributed by atoms with Gasteiger partial charge in [-0.3, -0.25) is 4.79 Å². The lowest BCUT2D eigenvalue weighted by atomic mass is 9.94. The van der Waals surface area contributed by atoms with Gasteiger partial charge in [-0.1, -0.05) is 24.3 Å². The van der Waals surface area contributed by atoms with Crippen molar-refractivity contribution in [1.82, 2.24) is 5.32 Å². The first-order valence-electron chi connectivity index (χ1n) is 7.48. The highest BCUT2D eigenvalue weighted by Gasteiger charge is 2.52. The molecule has 1 fully saturated rings. The largest absolute Gasteiger partial charge is 0.479 e. The Balaban J connectivity index is 1.84. The molecular weight excluding hydrogens is 316 g/mol. The molecule has 0 spiro atoms. The van der Waals surface area contributed by atoms with E-state index in [1.807, 2.05) is 0 Å². The normalized spacial score (nSPS) is 16.2. The van der Waals surface area contributed by atoms with Crippen LogP contribution in [0.5, 0.6) is 0 Å². The predicted molar refractivity (Wildman–Crippen MR) is 82.2 cm³/mol. The Morgan fingerprint density at radius 3 is 2.25 bits per heavy atom. The summed E-state index contributed by atoms with van der Waals surface area (Å²) in [7, 11) is 0. The van der Waals surface area contributed by atoms with Gasteiger partial charge in [0.15, 0.2) is 6.04 Å². The summed E-state index contributed by atoms with van der Waals surface area (Å²) in [5, 5.41) is 11.8. The van der Waals surface area contributed by atoms with E-state index < -0.39 is 35.0 Å². The zero-order chi connectivity index (χ0) is 17.3. The van der Waals surface area contributed by atoms with Gasteiger partial charge in [0.05, 0.1) is 5.41 Å². The van der Waals surface area contributed by atoms with E-state index in [2.05, 4.69) is 5.32 Å². The lowest BCUT2D eigenvalue weighted by molar-refractivity contribution is -0.142. The van der Waals surface area contributed by atoms with E-state index in [0.29, 0.717) is 18.4 Å². The van der Waals surface area contributed by atoms with Gasteiger partial charge in [-0.25, -0.2) is 13.6 Å². The lowest BCUT2D eigenvalue weighted by Gasteiger charge is -2.20. The van der Waals surface area contributed by atoms with Gasteiger partial charge < -0.3 is 10.4 Å². The molecule has 1 saturated carbocycles. The van der Waals surface area contributed by atoms with Crippen LogP contribution in [0, 0.1) is 11.6 Å². The second-order valence-electron chi connectivity index (χ2n) is 5.89. The zero-order valence-corrected chi connectivity index (χ0v) is 12.6. The number of carboxylic acid groups (broad SMARTS) is 1. The van der Waals surface area contributed by atoms with Crippen LogP contribution in [0.4, 0.5) is 8.78 Å². The molecule has 6 heteroatoms. The van der Waals surface area contributed by atoms with Crippen molar-refractivity contribution in [2.75, 3.05) is 0 Å². The number of amides is 1. The number of aliphatic carboxylic acids is 1. The molecule has 2 N–H and O–H groups in total. The molecule has 1 aliphatic carbocycles. The van der Waals surface area contributed by atoms with Crippen LogP contribution in [-0.4, -0.2) is 17.0 Å². The van der Waals surface area contributed by atoms with Crippen molar-refractivity contribution >= 4 is 11.9 Å². The van der Waals surface area contributed by atoms with E-state index in [0.717, 1.165) is 6.07 Å². The molecule has 2 aromatic rings. The Kier molecular flexibility index (Phi) is 4.05. The van der Waals surface area contributed by atoms with Crippen molar-refractivity contribution in [2.24, 2.45) is 0 Å². The molecule has 2 aromatic carbocycles. The second-order valence-corrected chi connectivity index (χ2v) is 5.89. The maximum Gasteiger partial charge on any atom is 0.330 e. The minimum atomic E-state index is -1.34. The molecule has 0 saturated heterocycles. The standard InChI is InChI=1S/C18H15F2NO3/c19-13-6-4-12(5-7-13)18(8-9-18)17(24)21-15(16(22)23)11-2-1-3-14(20)10-11/h1-7,10,15H,8-9H2,(H,21,24)(H,22,23)/t15-/m1/s1. The number of hydrogen-bond acceptors (Lipinski definition) is 2. The van der Waals surface area contributed by atoms with Gasteiger partial charge in [-0.05, 0) is 48.2 Å². The van der Waals surface area contributed by atoms with Gasteiger partial charge in [0.1, 0.15) is 11.6 Å². The van der Waals surface area contributed by atoms with Gasteiger partial charge in [0.25, 0.3) is 0 Å². The minimum Gasteiger partial charge on any atom is -0.479 e. The van der Waals surface area contributed by atoms with Crippen molar-refractivity contribution in [3.05, 3.63) is 71.3 Å². The molecule has 0 aromatic heterocycles. The fraction of sp³-hybridized carbons (Fsp3) is 0.222. The number of carboxylic acids is 1. The topological polar surface area (TPSA) is 66.4 Å².